The van der Waals surface area contributed by atoms with E-state index >= 15 is 0 Å². The van der Waals surface area contributed by atoms with Crippen LogP contribution in [0, 0.1) is 0 Å². The standard InChI is InChI=1S/C14H15F3O/c1-9-7-13(18-8-10(9)2)11-3-5-12(6-4-11)14(15,16)17/h3-6,13H,7-8H2,1-2H3. The first-order chi connectivity index (χ1) is 8.38. The second-order valence-corrected chi connectivity index (χ2v) is 4.68. The molecule has 1 aliphatic rings. The first kappa shape index (κ1) is 13.1. The number of hydrogen-bond donors (Lipinski definition) is 0. The minimum Gasteiger partial charge on any atom is -0.369 e. The summed E-state index contributed by atoms with van der Waals surface area (Å²) in [5.41, 5.74) is 2.64. The van der Waals surface area contributed by atoms with Gasteiger partial charge in [0.1, 0.15) is 0 Å². The Hall–Kier alpha value is -1.29. The Balaban J connectivity index is 2.16. The molecule has 1 unspecified atom stereocenters. The van der Waals surface area contributed by atoms with E-state index in [0.29, 0.717) is 6.61 Å². The molecule has 0 N–H and O–H groups in total. The van der Waals surface area contributed by atoms with Crippen LogP contribution in [0.4, 0.5) is 13.2 Å². The average Bonchev–Trinajstić information content (AvgIpc) is 2.32. The van der Waals surface area contributed by atoms with Crippen molar-refractivity contribution in [1.29, 1.82) is 0 Å². The van der Waals surface area contributed by atoms with E-state index in [1.165, 1.54) is 23.3 Å². The number of hydrogen-bond acceptors (Lipinski definition) is 1. The lowest BCUT2D eigenvalue weighted by Gasteiger charge is -2.25. The fourth-order valence-electron chi connectivity index (χ4n) is 1.96. The lowest BCUT2D eigenvalue weighted by Crippen LogP contribution is -2.14. The molecule has 1 nitrogen and oxygen atoms in total. The molecule has 0 saturated carbocycles. The van der Waals surface area contributed by atoms with Crippen LogP contribution in [0.1, 0.15) is 37.5 Å². The lowest BCUT2D eigenvalue weighted by molar-refractivity contribution is -0.137. The minimum absolute atomic E-state index is 0.129. The summed E-state index contributed by atoms with van der Waals surface area (Å²) in [7, 11) is 0. The summed E-state index contributed by atoms with van der Waals surface area (Å²) in [4.78, 5) is 0. The predicted molar refractivity (Wildman–Crippen MR) is 63.1 cm³/mol. The molecule has 1 atom stereocenters. The van der Waals surface area contributed by atoms with Gasteiger partial charge in [0, 0.05) is 0 Å². The molecule has 0 saturated heterocycles. The minimum atomic E-state index is -4.28. The molecular weight excluding hydrogens is 241 g/mol. The molecule has 0 radical (unpaired) electrons. The van der Waals surface area contributed by atoms with Crippen molar-refractivity contribution < 1.29 is 17.9 Å². The van der Waals surface area contributed by atoms with Gasteiger partial charge in [-0.05, 0) is 43.5 Å². The third-order valence-electron chi connectivity index (χ3n) is 3.33. The van der Waals surface area contributed by atoms with Crippen LogP contribution in [0.15, 0.2) is 35.4 Å². The molecule has 0 spiro atoms. The fraction of sp³-hybridized carbons (Fsp3) is 0.429. The Morgan fingerprint density at radius 2 is 1.67 bits per heavy atom. The molecule has 1 heterocycles. The highest BCUT2D eigenvalue weighted by Gasteiger charge is 2.30. The highest BCUT2D eigenvalue weighted by molar-refractivity contribution is 5.28. The van der Waals surface area contributed by atoms with Crippen molar-refractivity contribution in [1.82, 2.24) is 0 Å². The van der Waals surface area contributed by atoms with Crippen LogP contribution in [0.5, 0.6) is 0 Å². The van der Waals surface area contributed by atoms with Crippen molar-refractivity contribution in [2.45, 2.75) is 32.5 Å². The SMILES string of the molecule is CC1=C(C)CC(c2ccc(C(F)(F)F)cc2)OC1. The van der Waals surface area contributed by atoms with Gasteiger partial charge < -0.3 is 4.74 Å². The lowest BCUT2D eigenvalue weighted by atomic mass is 9.96. The molecule has 0 aliphatic carbocycles. The Morgan fingerprint density at radius 3 is 2.17 bits per heavy atom. The maximum atomic E-state index is 12.4. The number of alkyl halides is 3. The van der Waals surface area contributed by atoms with Gasteiger partial charge in [-0.25, -0.2) is 0 Å². The van der Waals surface area contributed by atoms with Crippen LogP contribution in [-0.4, -0.2) is 6.61 Å². The zero-order chi connectivity index (χ0) is 13.3. The Labute approximate surface area is 104 Å². The summed E-state index contributed by atoms with van der Waals surface area (Å²) in [6.45, 7) is 4.60. The molecular formula is C14H15F3O. The topological polar surface area (TPSA) is 9.23 Å². The zero-order valence-electron chi connectivity index (χ0n) is 10.3. The monoisotopic (exact) mass is 256 g/mol. The van der Waals surface area contributed by atoms with E-state index in [2.05, 4.69) is 0 Å². The number of benzene rings is 1. The van der Waals surface area contributed by atoms with E-state index in [4.69, 9.17) is 4.74 Å². The predicted octanol–water partition coefficient (Wildman–Crippen LogP) is 4.50. The normalized spacial score (nSPS) is 21.3. The van der Waals surface area contributed by atoms with Gasteiger partial charge in [-0.15, -0.1) is 0 Å². The van der Waals surface area contributed by atoms with Crippen LogP contribution < -0.4 is 0 Å². The molecule has 0 amide bonds. The van der Waals surface area contributed by atoms with Crippen molar-refractivity contribution in [3.05, 3.63) is 46.5 Å². The Bertz CT molecular complexity index is 457. The highest BCUT2D eigenvalue weighted by Crippen LogP contribution is 2.34. The summed E-state index contributed by atoms with van der Waals surface area (Å²) < 4.78 is 42.9. The first-order valence-corrected chi connectivity index (χ1v) is 5.82. The quantitative estimate of drug-likeness (QED) is 0.672. The molecule has 4 heteroatoms. The molecule has 0 aromatic heterocycles. The first-order valence-electron chi connectivity index (χ1n) is 5.82. The van der Waals surface area contributed by atoms with Crippen LogP contribution in [0.3, 0.4) is 0 Å². The van der Waals surface area contributed by atoms with E-state index in [-0.39, 0.29) is 6.10 Å². The highest BCUT2D eigenvalue weighted by atomic mass is 19.4. The summed E-state index contributed by atoms with van der Waals surface area (Å²) in [5, 5.41) is 0. The molecule has 0 bridgehead atoms. The molecule has 98 valence electrons. The van der Waals surface area contributed by atoms with Gasteiger partial charge in [0.05, 0.1) is 18.3 Å². The van der Waals surface area contributed by atoms with E-state index < -0.39 is 11.7 Å². The maximum Gasteiger partial charge on any atom is 0.416 e. The van der Waals surface area contributed by atoms with Gasteiger partial charge in [0.15, 0.2) is 0 Å². The van der Waals surface area contributed by atoms with E-state index in [0.717, 1.165) is 24.1 Å². The largest absolute Gasteiger partial charge is 0.416 e. The Morgan fingerprint density at radius 1 is 1.06 bits per heavy atom. The number of halogens is 3. The smallest absolute Gasteiger partial charge is 0.369 e. The van der Waals surface area contributed by atoms with Crippen LogP contribution in [0.25, 0.3) is 0 Å². The third kappa shape index (κ3) is 2.75. The Kier molecular flexibility index (Phi) is 3.48. The molecule has 0 fully saturated rings. The van der Waals surface area contributed by atoms with Crippen molar-refractivity contribution in [3.8, 4) is 0 Å². The average molecular weight is 256 g/mol. The summed E-state index contributed by atoms with van der Waals surface area (Å²) >= 11 is 0. The second-order valence-electron chi connectivity index (χ2n) is 4.68. The van der Waals surface area contributed by atoms with Gasteiger partial charge in [-0.2, -0.15) is 13.2 Å². The molecule has 1 aliphatic heterocycles. The second kappa shape index (κ2) is 4.76. The van der Waals surface area contributed by atoms with Crippen LogP contribution >= 0.6 is 0 Å². The van der Waals surface area contributed by atoms with Crippen LogP contribution in [0.2, 0.25) is 0 Å². The molecule has 18 heavy (non-hydrogen) atoms. The molecule has 1 aromatic carbocycles. The van der Waals surface area contributed by atoms with Gasteiger partial charge in [-0.3, -0.25) is 0 Å². The van der Waals surface area contributed by atoms with E-state index in [1.54, 1.807) is 0 Å². The van der Waals surface area contributed by atoms with Gasteiger partial charge in [0.2, 0.25) is 0 Å². The summed E-state index contributed by atoms with van der Waals surface area (Å²) in [5.74, 6) is 0. The van der Waals surface area contributed by atoms with Crippen molar-refractivity contribution in [3.63, 3.8) is 0 Å². The molecule has 1 aromatic rings. The third-order valence-corrected chi connectivity index (χ3v) is 3.33. The molecule has 2 rings (SSSR count). The van der Waals surface area contributed by atoms with Gasteiger partial charge in [0.25, 0.3) is 0 Å². The van der Waals surface area contributed by atoms with Crippen molar-refractivity contribution in [2.24, 2.45) is 0 Å². The fourth-order valence-corrected chi connectivity index (χ4v) is 1.96. The van der Waals surface area contributed by atoms with E-state index in [9.17, 15) is 13.2 Å². The van der Waals surface area contributed by atoms with E-state index in [1.807, 2.05) is 13.8 Å². The number of ether oxygens (including phenoxy) is 1. The zero-order valence-corrected chi connectivity index (χ0v) is 10.3. The van der Waals surface area contributed by atoms with Crippen LogP contribution in [-0.2, 0) is 10.9 Å². The van der Waals surface area contributed by atoms with Gasteiger partial charge >= 0.3 is 6.18 Å². The summed E-state index contributed by atoms with van der Waals surface area (Å²) in [6, 6.07) is 5.22. The number of rotatable bonds is 1. The summed E-state index contributed by atoms with van der Waals surface area (Å²) in [6.07, 6.45) is -3.66. The van der Waals surface area contributed by atoms with Crippen molar-refractivity contribution >= 4 is 0 Å². The van der Waals surface area contributed by atoms with Crippen molar-refractivity contribution in [2.75, 3.05) is 6.61 Å². The maximum absolute atomic E-state index is 12.4. The van der Waals surface area contributed by atoms with Gasteiger partial charge in [-0.1, -0.05) is 17.7 Å².